The van der Waals surface area contributed by atoms with Gasteiger partial charge in [-0.25, -0.2) is 4.79 Å². The van der Waals surface area contributed by atoms with Crippen LogP contribution in [0.25, 0.3) is 5.65 Å². The fraction of sp³-hybridized carbons (Fsp3) is 0.316. The number of nitrogens with one attached hydrogen (secondary N) is 2. The number of aromatic nitrogens is 3. The lowest BCUT2D eigenvalue weighted by Crippen LogP contribution is -2.41. The smallest absolute Gasteiger partial charge is 0.315 e. The minimum Gasteiger partial charge on any atom is -0.337 e. The standard InChI is InChI=1S/C19H21N5O/c1-14(17-23-22-16-9-5-6-12-24(16)17)21-18(25)20-13-19(10-11-19)15-7-3-2-4-8-15/h2-9,12,14H,10-11,13H2,1H3,(H2,20,21,25)/t14-/m1/s1. The Labute approximate surface area is 146 Å². The van der Waals surface area contributed by atoms with Crippen LogP contribution >= 0.6 is 0 Å². The highest BCUT2D eigenvalue weighted by atomic mass is 16.2. The van der Waals surface area contributed by atoms with Crippen LogP contribution in [0.15, 0.2) is 54.7 Å². The van der Waals surface area contributed by atoms with Gasteiger partial charge in [-0.2, -0.15) is 0 Å². The van der Waals surface area contributed by atoms with Crippen molar-refractivity contribution in [2.45, 2.75) is 31.2 Å². The number of carbonyl (C=O) groups is 1. The highest BCUT2D eigenvalue weighted by Crippen LogP contribution is 2.47. The zero-order valence-corrected chi connectivity index (χ0v) is 14.1. The summed E-state index contributed by atoms with van der Waals surface area (Å²) in [6.07, 6.45) is 4.12. The van der Waals surface area contributed by atoms with Crippen LogP contribution in [0.4, 0.5) is 4.79 Å². The molecule has 1 atom stereocenters. The lowest BCUT2D eigenvalue weighted by atomic mass is 9.96. The molecule has 4 rings (SSSR count). The van der Waals surface area contributed by atoms with Crippen molar-refractivity contribution in [3.63, 3.8) is 0 Å². The third-order valence-corrected chi connectivity index (χ3v) is 4.90. The predicted octanol–water partition coefficient (Wildman–Crippen LogP) is 2.82. The van der Waals surface area contributed by atoms with Crippen LogP contribution in [0.3, 0.4) is 0 Å². The van der Waals surface area contributed by atoms with Crippen LogP contribution < -0.4 is 10.6 Å². The zero-order chi connectivity index (χ0) is 17.3. The van der Waals surface area contributed by atoms with E-state index in [9.17, 15) is 4.79 Å². The van der Waals surface area contributed by atoms with E-state index >= 15 is 0 Å². The van der Waals surface area contributed by atoms with Crippen LogP contribution in [-0.2, 0) is 5.41 Å². The average molecular weight is 335 g/mol. The topological polar surface area (TPSA) is 71.3 Å². The molecule has 2 amide bonds. The average Bonchev–Trinajstić information content (AvgIpc) is 3.32. The number of hydrogen-bond acceptors (Lipinski definition) is 3. The number of pyridine rings is 1. The molecule has 6 heteroatoms. The summed E-state index contributed by atoms with van der Waals surface area (Å²) in [7, 11) is 0. The third kappa shape index (κ3) is 3.07. The van der Waals surface area contributed by atoms with E-state index in [1.807, 2.05) is 53.9 Å². The van der Waals surface area contributed by atoms with E-state index in [2.05, 4.69) is 33.0 Å². The Balaban J connectivity index is 1.38. The summed E-state index contributed by atoms with van der Waals surface area (Å²) in [6, 6.07) is 15.7. The Morgan fingerprint density at radius 1 is 1.16 bits per heavy atom. The summed E-state index contributed by atoms with van der Waals surface area (Å²) in [4.78, 5) is 12.3. The molecule has 0 saturated heterocycles. The van der Waals surface area contributed by atoms with Gasteiger partial charge in [0.2, 0.25) is 0 Å². The maximum Gasteiger partial charge on any atom is 0.315 e. The number of nitrogens with zero attached hydrogens (tertiary/aromatic N) is 3. The predicted molar refractivity (Wildman–Crippen MR) is 95.3 cm³/mol. The summed E-state index contributed by atoms with van der Waals surface area (Å²) in [5.74, 6) is 0.718. The molecule has 0 unspecified atom stereocenters. The summed E-state index contributed by atoms with van der Waals surface area (Å²) in [6.45, 7) is 2.56. The molecule has 3 aromatic rings. The summed E-state index contributed by atoms with van der Waals surface area (Å²) in [5.41, 5.74) is 2.17. The zero-order valence-electron chi connectivity index (χ0n) is 14.1. The minimum absolute atomic E-state index is 0.101. The molecular weight excluding hydrogens is 314 g/mol. The van der Waals surface area contributed by atoms with E-state index in [1.165, 1.54) is 5.56 Å². The van der Waals surface area contributed by atoms with Gasteiger partial charge in [0.25, 0.3) is 0 Å². The number of benzene rings is 1. The van der Waals surface area contributed by atoms with Gasteiger partial charge in [0.15, 0.2) is 11.5 Å². The molecule has 2 aromatic heterocycles. The van der Waals surface area contributed by atoms with Crippen LogP contribution in [0.2, 0.25) is 0 Å². The van der Waals surface area contributed by atoms with Crippen LogP contribution in [0.5, 0.6) is 0 Å². The lowest BCUT2D eigenvalue weighted by Gasteiger charge is -2.18. The van der Waals surface area contributed by atoms with Gasteiger partial charge < -0.3 is 10.6 Å². The van der Waals surface area contributed by atoms with Gasteiger partial charge in [0.05, 0.1) is 6.04 Å². The van der Waals surface area contributed by atoms with Gasteiger partial charge in [-0.3, -0.25) is 4.40 Å². The van der Waals surface area contributed by atoms with E-state index in [-0.39, 0.29) is 17.5 Å². The minimum atomic E-state index is -0.232. The van der Waals surface area contributed by atoms with E-state index in [0.29, 0.717) is 6.54 Å². The Bertz CT molecular complexity index is 885. The molecule has 1 saturated carbocycles. The van der Waals surface area contributed by atoms with Crippen molar-refractivity contribution in [3.8, 4) is 0 Å². The fourth-order valence-corrected chi connectivity index (χ4v) is 3.23. The molecule has 0 spiro atoms. The SMILES string of the molecule is C[C@@H](NC(=O)NCC1(c2ccccc2)CC1)c1nnc2ccccn12. The van der Waals surface area contributed by atoms with Gasteiger partial charge in [-0.15, -0.1) is 10.2 Å². The largest absolute Gasteiger partial charge is 0.337 e. The first-order valence-corrected chi connectivity index (χ1v) is 8.58. The Morgan fingerprint density at radius 2 is 1.92 bits per heavy atom. The molecule has 1 aliphatic carbocycles. The van der Waals surface area contributed by atoms with E-state index in [4.69, 9.17) is 0 Å². The molecule has 1 fully saturated rings. The Morgan fingerprint density at radius 3 is 2.68 bits per heavy atom. The summed E-state index contributed by atoms with van der Waals surface area (Å²) < 4.78 is 1.89. The van der Waals surface area contributed by atoms with Crippen molar-refractivity contribution in [3.05, 3.63) is 66.1 Å². The van der Waals surface area contributed by atoms with Gasteiger partial charge >= 0.3 is 6.03 Å². The fourth-order valence-electron chi connectivity index (χ4n) is 3.23. The van der Waals surface area contributed by atoms with E-state index in [1.54, 1.807) is 0 Å². The van der Waals surface area contributed by atoms with Gasteiger partial charge in [-0.1, -0.05) is 36.4 Å². The normalized spacial score (nSPS) is 16.4. The highest BCUT2D eigenvalue weighted by Gasteiger charge is 2.44. The summed E-state index contributed by atoms with van der Waals surface area (Å²) in [5, 5.41) is 14.3. The van der Waals surface area contributed by atoms with Crippen molar-refractivity contribution >= 4 is 11.7 Å². The molecule has 0 radical (unpaired) electrons. The van der Waals surface area contributed by atoms with Gasteiger partial charge in [0.1, 0.15) is 0 Å². The van der Waals surface area contributed by atoms with E-state index < -0.39 is 0 Å². The second-order valence-electron chi connectivity index (χ2n) is 6.68. The monoisotopic (exact) mass is 335 g/mol. The van der Waals surface area contributed by atoms with Crippen LogP contribution in [0, 0.1) is 0 Å². The van der Waals surface area contributed by atoms with Crippen molar-refractivity contribution in [1.82, 2.24) is 25.2 Å². The molecule has 0 bridgehead atoms. The molecule has 6 nitrogen and oxygen atoms in total. The second-order valence-corrected chi connectivity index (χ2v) is 6.68. The van der Waals surface area contributed by atoms with Crippen molar-refractivity contribution in [2.75, 3.05) is 6.54 Å². The molecule has 1 aromatic carbocycles. The van der Waals surface area contributed by atoms with Crippen LogP contribution in [-0.4, -0.2) is 27.2 Å². The Hall–Kier alpha value is -2.89. The van der Waals surface area contributed by atoms with Gasteiger partial charge in [0, 0.05) is 18.2 Å². The highest BCUT2D eigenvalue weighted by molar-refractivity contribution is 5.74. The lowest BCUT2D eigenvalue weighted by molar-refractivity contribution is 0.236. The van der Waals surface area contributed by atoms with Crippen molar-refractivity contribution in [2.24, 2.45) is 0 Å². The third-order valence-electron chi connectivity index (χ3n) is 4.90. The maximum atomic E-state index is 12.3. The molecule has 128 valence electrons. The number of carbonyl (C=O) groups excluding carboxylic acids is 1. The Kier molecular flexibility index (Phi) is 3.87. The molecule has 0 aliphatic heterocycles. The first-order valence-electron chi connectivity index (χ1n) is 8.58. The molecule has 25 heavy (non-hydrogen) atoms. The number of amides is 2. The van der Waals surface area contributed by atoms with Crippen LogP contribution in [0.1, 0.15) is 37.2 Å². The number of fused-ring (bicyclic) bond motifs is 1. The second kappa shape index (κ2) is 6.20. The van der Waals surface area contributed by atoms with Crippen molar-refractivity contribution < 1.29 is 4.79 Å². The van der Waals surface area contributed by atoms with Gasteiger partial charge in [-0.05, 0) is 37.5 Å². The molecule has 2 N–H and O–H groups in total. The number of urea groups is 1. The first-order chi connectivity index (χ1) is 12.2. The van der Waals surface area contributed by atoms with E-state index in [0.717, 1.165) is 24.3 Å². The molecular formula is C19H21N5O. The first kappa shape index (κ1) is 15.6. The maximum absolute atomic E-state index is 12.3. The summed E-state index contributed by atoms with van der Waals surface area (Å²) >= 11 is 0. The quantitative estimate of drug-likeness (QED) is 0.753. The molecule has 2 heterocycles. The van der Waals surface area contributed by atoms with Crippen molar-refractivity contribution in [1.29, 1.82) is 0 Å². The molecule has 1 aliphatic rings. The number of rotatable bonds is 5. The number of hydrogen-bond donors (Lipinski definition) is 2.